The van der Waals surface area contributed by atoms with Gasteiger partial charge in [0.05, 0.1) is 0 Å². The van der Waals surface area contributed by atoms with E-state index in [9.17, 15) is 4.79 Å². The number of hydrogen-bond acceptors (Lipinski definition) is 2. The Hall–Kier alpha value is -0.370. The van der Waals surface area contributed by atoms with Crippen LogP contribution in [0.1, 0.15) is 33.1 Å². The molecule has 1 saturated carbocycles. The summed E-state index contributed by atoms with van der Waals surface area (Å²) in [5, 5.41) is 8.93. The summed E-state index contributed by atoms with van der Waals surface area (Å²) < 4.78 is 0. The van der Waals surface area contributed by atoms with Crippen molar-refractivity contribution in [2.24, 2.45) is 17.8 Å². The maximum absolute atomic E-state index is 11.3. The predicted octanol–water partition coefficient (Wildman–Crippen LogP) is 1.62. The molecule has 0 amide bonds. The summed E-state index contributed by atoms with van der Waals surface area (Å²) >= 11 is 0. The lowest BCUT2D eigenvalue weighted by atomic mass is 9.76. The summed E-state index contributed by atoms with van der Waals surface area (Å²) in [4.78, 5) is 11.3. The van der Waals surface area contributed by atoms with Gasteiger partial charge >= 0.3 is 0 Å². The third-order valence-electron chi connectivity index (χ3n) is 3.08. The van der Waals surface area contributed by atoms with Crippen LogP contribution in [0.4, 0.5) is 0 Å². The van der Waals surface area contributed by atoms with Gasteiger partial charge in [-0.2, -0.15) is 0 Å². The van der Waals surface area contributed by atoms with Crippen LogP contribution >= 0.6 is 0 Å². The molecule has 1 aliphatic carbocycles. The van der Waals surface area contributed by atoms with Crippen LogP contribution < -0.4 is 0 Å². The van der Waals surface area contributed by atoms with Crippen LogP contribution in [0.2, 0.25) is 0 Å². The molecule has 0 aromatic rings. The van der Waals surface area contributed by atoms with Crippen LogP contribution in [-0.2, 0) is 4.79 Å². The summed E-state index contributed by atoms with van der Waals surface area (Å²) in [6.45, 7) is 4.24. The normalized spacial score (nSPS) is 33.4. The molecular formula is C10H18O2. The molecule has 1 rings (SSSR count). The first-order chi connectivity index (χ1) is 5.65. The lowest BCUT2D eigenvalue weighted by molar-refractivity contribution is -0.126. The van der Waals surface area contributed by atoms with Crippen molar-refractivity contribution in [2.75, 3.05) is 6.61 Å². The smallest absolute Gasteiger partial charge is 0.135 e. The van der Waals surface area contributed by atoms with E-state index in [1.165, 1.54) is 0 Å². The zero-order chi connectivity index (χ0) is 9.14. The van der Waals surface area contributed by atoms with Gasteiger partial charge in [-0.1, -0.05) is 13.8 Å². The van der Waals surface area contributed by atoms with Crippen LogP contribution in [0.5, 0.6) is 0 Å². The van der Waals surface area contributed by atoms with E-state index >= 15 is 0 Å². The van der Waals surface area contributed by atoms with Crippen LogP contribution in [0, 0.1) is 17.8 Å². The van der Waals surface area contributed by atoms with Crippen molar-refractivity contribution in [3.05, 3.63) is 0 Å². The van der Waals surface area contributed by atoms with Gasteiger partial charge in [-0.15, -0.1) is 0 Å². The second-order valence-corrected chi connectivity index (χ2v) is 4.07. The molecule has 0 aliphatic heterocycles. The summed E-state index contributed by atoms with van der Waals surface area (Å²) in [7, 11) is 0. The molecule has 2 nitrogen and oxygen atoms in total. The molecule has 1 aliphatic rings. The lowest BCUT2D eigenvalue weighted by Crippen LogP contribution is -2.27. The van der Waals surface area contributed by atoms with Gasteiger partial charge in [0.25, 0.3) is 0 Å². The summed E-state index contributed by atoms with van der Waals surface area (Å²) in [5.74, 6) is 1.36. The van der Waals surface area contributed by atoms with Crippen molar-refractivity contribution < 1.29 is 9.90 Å². The van der Waals surface area contributed by atoms with Crippen molar-refractivity contribution in [3.8, 4) is 0 Å². The fourth-order valence-corrected chi connectivity index (χ4v) is 1.82. The molecule has 0 bridgehead atoms. The molecule has 0 spiro atoms. The quantitative estimate of drug-likeness (QED) is 0.683. The molecule has 1 fully saturated rings. The third kappa shape index (κ3) is 2.07. The Balaban J connectivity index is 2.45. The number of Topliss-reactive ketones (excluding diaryl/α,β-unsaturated/α-hetero) is 1. The van der Waals surface area contributed by atoms with E-state index in [0.717, 1.165) is 12.8 Å². The fraction of sp³-hybridized carbons (Fsp3) is 0.900. The van der Waals surface area contributed by atoms with E-state index < -0.39 is 0 Å². The van der Waals surface area contributed by atoms with Gasteiger partial charge in [0, 0.05) is 18.9 Å². The second-order valence-electron chi connectivity index (χ2n) is 4.07. The monoisotopic (exact) mass is 170 g/mol. The molecule has 12 heavy (non-hydrogen) atoms. The Morgan fingerprint density at radius 1 is 1.58 bits per heavy atom. The van der Waals surface area contributed by atoms with Crippen LogP contribution in [0.25, 0.3) is 0 Å². The van der Waals surface area contributed by atoms with Crippen molar-refractivity contribution >= 4 is 5.78 Å². The highest BCUT2D eigenvalue weighted by atomic mass is 16.3. The molecule has 1 N–H and O–H groups in total. The van der Waals surface area contributed by atoms with Gasteiger partial charge < -0.3 is 5.11 Å². The number of carbonyl (C=O) groups is 1. The van der Waals surface area contributed by atoms with Gasteiger partial charge in [0.1, 0.15) is 5.78 Å². The highest BCUT2D eigenvalue weighted by Gasteiger charge is 2.28. The molecule has 2 heteroatoms. The second kappa shape index (κ2) is 4.04. The minimum absolute atomic E-state index is 0.215. The van der Waals surface area contributed by atoms with Gasteiger partial charge in [-0.25, -0.2) is 0 Å². The topological polar surface area (TPSA) is 37.3 Å². The van der Waals surface area contributed by atoms with E-state index in [4.69, 9.17) is 5.11 Å². The maximum atomic E-state index is 11.3. The van der Waals surface area contributed by atoms with Crippen LogP contribution in [-0.4, -0.2) is 17.5 Å². The minimum atomic E-state index is 0.215. The average molecular weight is 170 g/mol. The maximum Gasteiger partial charge on any atom is 0.135 e. The molecule has 3 atom stereocenters. The Labute approximate surface area is 74.0 Å². The minimum Gasteiger partial charge on any atom is -0.396 e. The number of aliphatic hydroxyl groups is 1. The van der Waals surface area contributed by atoms with E-state index in [1.807, 2.05) is 13.8 Å². The van der Waals surface area contributed by atoms with E-state index in [0.29, 0.717) is 24.0 Å². The van der Waals surface area contributed by atoms with Crippen molar-refractivity contribution in [1.82, 2.24) is 0 Å². The number of aliphatic hydroxyl groups excluding tert-OH is 1. The van der Waals surface area contributed by atoms with Gasteiger partial charge in [0.2, 0.25) is 0 Å². The van der Waals surface area contributed by atoms with Crippen LogP contribution in [0.15, 0.2) is 0 Å². The molecular weight excluding hydrogens is 152 g/mol. The van der Waals surface area contributed by atoms with Crippen molar-refractivity contribution in [3.63, 3.8) is 0 Å². The molecule has 0 radical (unpaired) electrons. The fourth-order valence-electron chi connectivity index (χ4n) is 1.82. The molecule has 3 unspecified atom stereocenters. The number of rotatable bonds is 2. The van der Waals surface area contributed by atoms with E-state index in [-0.39, 0.29) is 12.5 Å². The van der Waals surface area contributed by atoms with E-state index in [1.54, 1.807) is 0 Å². The lowest BCUT2D eigenvalue weighted by Gasteiger charge is -2.28. The number of carbonyl (C=O) groups excluding carboxylic acids is 1. The summed E-state index contributed by atoms with van der Waals surface area (Å²) in [6, 6.07) is 0. The number of hydrogen-bond donors (Lipinski definition) is 1. The predicted molar refractivity (Wildman–Crippen MR) is 47.8 cm³/mol. The summed E-state index contributed by atoms with van der Waals surface area (Å²) in [5.41, 5.74) is 0. The Morgan fingerprint density at radius 2 is 2.25 bits per heavy atom. The first-order valence-corrected chi connectivity index (χ1v) is 4.78. The Bertz CT molecular complexity index is 165. The molecule has 0 heterocycles. The Morgan fingerprint density at radius 3 is 2.75 bits per heavy atom. The highest BCUT2D eigenvalue weighted by molar-refractivity contribution is 5.81. The van der Waals surface area contributed by atoms with E-state index in [2.05, 4.69) is 0 Å². The Kier molecular flexibility index (Phi) is 3.27. The first kappa shape index (κ1) is 9.72. The largest absolute Gasteiger partial charge is 0.396 e. The standard InChI is InChI=1S/C10H18O2/c1-7-3-4-9(5-10(7)12)8(2)6-11/h7-9,11H,3-6H2,1-2H3. The molecule has 0 aromatic carbocycles. The molecule has 70 valence electrons. The van der Waals surface area contributed by atoms with Crippen molar-refractivity contribution in [1.29, 1.82) is 0 Å². The van der Waals surface area contributed by atoms with Gasteiger partial charge in [-0.3, -0.25) is 4.79 Å². The van der Waals surface area contributed by atoms with Crippen molar-refractivity contribution in [2.45, 2.75) is 33.1 Å². The summed E-state index contributed by atoms with van der Waals surface area (Å²) in [6.07, 6.45) is 2.80. The molecule has 0 saturated heterocycles. The molecule has 0 aromatic heterocycles. The zero-order valence-corrected chi connectivity index (χ0v) is 7.92. The SMILES string of the molecule is CC1CCC(C(C)CO)CC1=O. The highest BCUT2D eigenvalue weighted by Crippen LogP contribution is 2.30. The first-order valence-electron chi connectivity index (χ1n) is 4.78. The van der Waals surface area contributed by atoms with Gasteiger partial charge in [-0.05, 0) is 24.7 Å². The number of ketones is 1. The zero-order valence-electron chi connectivity index (χ0n) is 7.92. The third-order valence-corrected chi connectivity index (χ3v) is 3.08. The average Bonchev–Trinajstić information content (AvgIpc) is 2.08. The van der Waals surface area contributed by atoms with Crippen LogP contribution in [0.3, 0.4) is 0 Å². The van der Waals surface area contributed by atoms with Gasteiger partial charge in [0.15, 0.2) is 0 Å².